The lowest BCUT2D eigenvalue weighted by Crippen LogP contribution is -2.38. The Morgan fingerprint density at radius 2 is 1.49 bits per heavy atom. The topological polar surface area (TPSA) is 161 Å². The standard InChI is InChI=1S/C26H39NO10/c1-7-11-33-24(31)36-19-10-9-17(14-20(19)37-25(32)34-12-8-2)18(22(27)23(29)30)13-16(3)35-21(28)15-26(4,5)6/h9-10,14,16,18,22H,7-8,11-13,15,27H2,1-6H3,(H,29,30)/t16?,18?,22-/m0/s1. The monoisotopic (exact) mass is 525 g/mol. The second-order valence-corrected chi connectivity index (χ2v) is 9.85. The van der Waals surface area contributed by atoms with Gasteiger partial charge in [0.25, 0.3) is 0 Å². The summed E-state index contributed by atoms with van der Waals surface area (Å²) in [6.45, 7) is 11.2. The van der Waals surface area contributed by atoms with Crippen LogP contribution in [0.25, 0.3) is 0 Å². The van der Waals surface area contributed by atoms with Crippen LogP contribution >= 0.6 is 0 Å². The maximum Gasteiger partial charge on any atom is 0.513 e. The van der Waals surface area contributed by atoms with Crippen LogP contribution in [0.3, 0.4) is 0 Å². The molecule has 0 saturated heterocycles. The van der Waals surface area contributed by atoms with Crippen LogP contribution < -0.4 is 15.2 Å². The highest BCUT2D eigenvalue weighted by atomic mass is 16.7. The van der Waals surface area contributed by atoms with Gasteiger partial charge in [-0.05, 0) is 49.3 Å². The van der Waals surface area contributed by atoms with Gasteiger partial charge in [0.2, 0.25) is 0 Å². The molecule has 1 aromatic carbocycles. The van der Waals surface area contributed by atoms with Gasteiger partial charge in [-0.1, -0.05) is 40.7 Å². The molecule has 0 bridgehead atoms. The minimum absolute atomic E-state index is 0.0712. The van der Waals surface area contributed by atoms with Crippen molar-refractivity contribution in [2.24, 2.45) is 11.1 Å². The molecule has 0 aromatic heterocycles. The van der Waals surface area contributed by atoms with E-state index < -0.39 is 42.3 Å². The van der Waals surface area contributed by atoms with Gasteiger partial charge in [0.15, 0.2) is 11.5 Å². The van der Waals surface area contributed by atoms with Gasteiger partial charge in [0, 0.05) is 5.92 Å². The lowest BCUT2D eigenvalue weighted by Gasteiger charge is -2.26. The number of ether oxygens (including phenoxy) is 5. The Morgan fingerprint density at radius 1 is 0.946 bits per heavy atom. The van der Waals surface area contributed by atoms with E-state index in [1.165, 1.54) is 18.2 Å². The number of carboxylic acids is 1. The molecule has 0 radical (unpaired) electrons. The van der Waals surface area contributed by atoms with E-state index in [1.807, 2.05) is 27.7 Å². The molecule has 0 aliphatic heterocycles. The number of carbonyl (C=O) groups excluding carboxylic acids is 3. The smallest absolute Gasteiger partial charge is 0.480 e. The van der Waals surface area contributed by atoms with E-state index in [0.29, 0.717) is 18.4 Å². The van der Waals surface area contributed by atoms with Crippen LogP contribution in [0.1, 0.15) is 78.7 Å². The molecule has 0 heterocycles. The number of rotatable bonds is 13. The Bertz CT molecular complexity index is 924. The lowest BCUT2D eigenvalue weighted by molar-refractivity contribution is -0.150. The van der Waals surface area contributed by atoms with Crippen molar-refractivity contribution in [3.63, 3.8) is 0 Å². The maximum atomic E-state index is 12.3. The number of esters is 1. The number of carbonyl (C=O) groups is 4. The first kappa shape index (κ1) is 31.7. The number of benzene rings is 1. The van der Waals surface area contributed by atoms with Crippen LogP contribution in [-0.4, -0.2) is 54.7 Å². The van der Waals surface area contributed by atoms with E-state index in [-0.39, 0.29) is 43.0 Å². The molecule has 37 heavy (non-hydrogen) atoms. The zero-order valence-electron chi connectivity index (χ0n) is 22.4. The van der Waals surface area contributed by atoms with E-state index in [1.54, 1.807) is 13.8 Å². The molecule has 0 aliphatic rings. The number of hydrogen-bond donors (Lipinski definition) is 2. The number of aliphatic carboxylic acids is 1. The Balaban J connectivity index is 3.27. The largest absolute Gasteiger partial charge is 0.513 e. The van der Waals surface area contributed by atoms with Crippen molar-refractivity contribution in [2.75, 3.05) is 13.2 Å². The van der Waals surface area contributed by atoms with Crippen LogP contribution in [0, 0.1) is 5.41 Å². The van der Waals surface area contributed by atoms with Gasteiger partial charge in [-0.25, -0.2) is 9.59 Å². The van der Waals surface area contributed by atoms with Crippen molar-refractivity contribution in [3.8, 4) is 11.5 Å². The lowest BCUT2D eigenvalue weighted by atomic mass is 9.86. The predicted octanol–water partition coefficient (Wildman–Crippen LogP) is 4.79. The molecule has 3 atom stereocenters. The summed E-state index contributed by atoms with van der Waals surface area (Å²) in [6.07, 6.45) is -1.30. The molecule has 1 aromatic rings. The molecule has 3 N–H and O–H groups in total. The third-order valence-corrected chi connectivity index (χ3v) is 4.94. The molecule has 2 unspecified atom stereocenters. The van der Waals surface area contributed by atoms with Crippen molar-refractivity contribution in [1.29, 1.82) is 0 Å². The molecule has 208 valence electrons. The van der Waals surface area contributed by atoms with Crippen LogP contribution in [0.4, 0.5) is 9.59 Å². The van der Waals surface area contributed by atoms with E-state index >= 15 is 0 Å². The predicted molar refractivity (Wildman–Crippen MR) is 134 cm³/mol. The zero-order valence-corrected chi connectivity index (χ0v) is 22.4. The Hall–Kier alpha value is -3.34. The summed E-state index contributed by atoms with van der Waals surface area (Å²) in [7, 11) is 0. The minimum atomic E-state index is -1.37. The molecule has 1 rings (SSSR count). The summed E-state index contributed by atoms with van der Waals surface area (Å²) < 4.78 is 25.7. The molecular formula is C26H39NO10. The third-order valence-electron chi connectivity index (χ3n) is 4.94. The first-order chi connectivity index (χ1) is 17.3. The fraction of sp³-hybridized carbons (Fsp3) is 0.615. The Kier molecular flexibility index (Phi) is 12.9. The molecule has 0 saturated carbocycles. The highest BCUT2D eigenvalue weighted by Gasteiger charge is 2.31. The molecule has 0 fully saturated rings. The Labute approximate surface area is 217 Å². The molecule has 0 spiro atoms. The van der Waals surface area contributed by atoms with Crippen molar-refractivity contribution in [3.05, 3.63) is 23.8 Å². The normalized spacial score (nSPS) is 13.6. The highest BCUT2D eigenvalue weighted by molar-refractivity contribution is 5.75. The summed E-state index contributed by atoms with van der Waals surface area (Å²) in [5.74, 6) is -2.85. The van der Waals surface area contributed by atoms with Crippen molar-refractivity contribution in [2.45, 2.75) is 85.3 Å². The van der Waals surface area contributed by atoms with Gasteiger partial charge < -0.3 is 34.5 Å². The maximum absolute atomic E-state index is 12.3. The van der Waals surface area contributed by atoms with Gasteiger partial charge >= 0.3 is 24.2 Å². The van der Waals surface area contributed by atoms with E-state index in [0.717, 1.165) is 0 Å². The third kappa shape index (κ3) is 12.0. The Morgan fingerprint density at radius 3 is 1.97 bits per heavy atom. The van der Waals surface area contributed by atoms with Crippen LogP contribution in [0.15, 0.2) is 18.2 Å². The summed E-state index contributed by atoms with van der Waals surface area (Å²) in [5, 5.41) is 9.61. The van der Waals surface area contributed by atoms with Crippen LogP contribution in [0.5, 0.6) is 11.5 Å². The summed E-state index contributed by atoms with van der Waals surface area (Å²) in [5.41, 5.74) is 6.07. The van der Waals surface area contributed by atoms with Gasteiger partial charge in [-0.15, -0.1) is 0 Å². The van der Waals surface area contributed by atoms with Crippen molar-refractivity contribution >= 4 is 24.2 Å². The van der Waals surface area contributed by atoms with Gasteiger partial charge in [-0.3, -0.25) is 9.59 Å². The van der Waals surface area contributed by atoms with Crippen molar-refractivity contribution < 1.29 is 48.0 Å². The van der Waals surface area contributed by atoms with E-state index in [4.69, 9.17) is 29.4 Å². The van der Waals surface area contributed by atoms with E-state index in [2.05, 4.69) is 0 Å². The minimum Gasteiger partial charge on any atom is -0.480 e. The van der Waals surface area contributed by atoms with Gasteiger partial charge in [0.1, 0.15) is 6.04 Å². The van der Waals surface area contributed by atoms with Crippen LogP contribution in [0.2, 0.25) is 0 Å². The average Bonchev–Trinajstić information content (AvgIpc) is 2.79. The molecular weight excluding hydrogens is 486 g/mol. The number of hydrogen-bond acceptors (Lipinski definition) is 10. The second-order valence-electron chi connectivity index (χ2n) is 9.85. The average molecular weight is 526 g/mol. The fourth-order valence-corrected chi connectivity index (χ4v) is 3.30. The highest BCUT2D eigenvalue weighted by Crippen LogP contribution is 2.35. The molecule has 0 aliphatic carbocycles. The molecule has 11 heteroatoms. The molecule has 0 amide bonds. The fourth-order valence-electron chi connectivity index (χ4n) is 3.30. The quantitative estimate of drug-likeness (QED) is 0.207. The first-order valence-corrected chi connectivity index (χ1v) is 12.3. The van der Waals surface area contributed by atoms with E-state index in [9.17, 15) is 24.3 Å². The number of carboxylic acid groups (broad SMARTS) is 1. The van der Waals surface area contributed by atoms with Crippen LogP contribution in [-0.2, 0) is 23.8 Å². The SMILES string of the molecule is CCCOC(=O)Oc1ccc(C(CC(C)OC(=O)CC(C)(C)C)[C@H](N)C(=O)O)cc1OC(=O)OCCC. The second kappa shape index (κ2) is 15.0. The van der Waals surface area contributed by atoms with Gasteiger partial charge in [0.05, 0.1) is 25.7 Å². The summed E-state index contributed by atoms with van der Waals surface area (Å²) >= 11 is 0. The summed E-state index contributed by atoms with van der Waals surface area (Å²) in [4.78, 5) is 48.2. The first-order valence-electron chi connectivity index (χ1n) is 12.3. The van der Waals surface area contributed by atoms with Crippen molar-refractivity contribution in [1.82, 2.24) is 0 Å². The number of nitrogens with two attached hydrogens (primary N) is 1. The molecule has 11 nitrogen and oxygen atoms in total. The summed E-state index contributed by atoms with van der Waals surface area (Å²) in [6, 6.07) is 2.80. The van der Waals surface area contributed by atoms with Gasteiger partial charge in [-0.2, -0.15) is 0 Å². The zero-order chi connectivity index (χ0) is 28.2.